The Balaban J connectivity index is 1.72. The third kappa shape index (κ3) is 3.49. The molecule has 0 spiro atoms. The molecule has 0 saturated heterocycles. The van der Waals surface area contributed by atoms with Gasteiger partial charge in [0.25, 0.3) is 0 Å². The maximum absolute atomic E-state index is 6.15. The van der Waals surface area contributed by atoms with Crippen LogP contribution in [0.4, 0.5) is 11.5 Å². The number of nitrogens with zero attached hydrogens (tertiary/aromatic N) is 2. The number of nitrogens with two attached hydrogens (primary N) is 1. The van der Waals surface area contributed by atoms with Crippen molar-refractivity contribution in [3.63, 3.8) is 0 Å². The highest BCUT2D eigenvalue weighted by atomic mass is 16.5. The highest BCUT2D eigenvalue weighted by molar-refractivity contribution is 5.90. The molecule has 0 saturated carbocycles. The Bertz CT molecular complexity index is 1120. The second-order valence-electron chi connectivity index (χ2n) is 6.77. The lowest BCUT2D eigenvalue weighted by molar-refractivity contribution is 0.415. The van der Waals surface area contributed by atoms with Crippen molar-refractivity contribution in [2.45, 2.75) is 19.9 Å². The molecule has 2 aromatic heterocycles. The minimum Gasteiger partial charge on any atom is -0.497 e. The molecule has 0 amide bonds. The zero-order valence-corrected chi connectivity index (χ0v) is 16.1. The first-order valence-corrected chi connectivity index (χ1v) is 9.05. The predicted octanol–water partition coefficient (Wildman–Crippen LogP) is 4.96. The molecule has 0 aliphatic rings. The number of fused-ring (bicyclic) bond motifs is 1. The first kappa shape index (κ1) is 17.9. The lowest BCUT2D eigenvalue weighted by Gasteiger charge is -2.18. The molecule has 0 aliphatic carbocycles. The van der Waals surface area contributed by atoms with E-state index in [0.29, 0.717) is 11.5 Å². The van der Waals surface area contributed by atoms with Crippen molar-refractivity contribution in [3.05, 3.63) is 66.4 Å². The minimum absolute atomic E-state index is 0.0159. The lowest BCUT2D eigenvalue weighted by Crippen LogP contribution is -2.10. The van der Waals surface area contributed by atoms with Gasteiger partial charge in [-0.3, -0.25) is 0 Å². The Morgan fingerprint density at radius 1 is 1.07 bits per heavy atom. The number of aryl methyl sites for hydroxylation is 1. The van der Waals surface area contributed by atoms with Gasteiger partial charge in [-0.05, 0) is 67.4 Å². The van der Waals surface area contributed by atoms with E-state index in [1.54, 1.807) is 19.6 Å². The third-order valence-corrected chi connectivity index (χ3v) is 4.70. The molecule has 4 rings (SSSR count). The number of nitrogen functional groups attached to an aromatic ring is 1. The molecule has 2 aromatic carbocycles. The SMILES string of the molecule is COc1ccc2nc(C)nc(N[C@H](C)c3cc(N)cc(-c4ccoc4)c3)c2c1. The van der Waals surface area contributed by atoms with E-state index in [-0.39, 0.29) is 6.04 Å². The summed E-state index contributed by atoms with van der Waals surface area (Å²) in [5.74, 6) is 2.24. The standard InChI is InChI=1S/C22H22N4O2/c1-13(16-8-17(10-18(23)9-16)15-6-7-28-12-15)24-22-20-11-19(27-3)4-5-21(20)25-14(2)26-22/h4-13H,23H2,1-3H3,(H,24,25,26)/t13-/m1/s1. The van der Waals surface area contributed by atoms with Crippen molar-refractivity contribution in [1.29, 1.82) is 0 Å². The second-order valence-corrected chi connectivity index (χ2v) is 6.77. The summed E-state index contributed by atoms with van der Waals surface area (Å²) in [7, 11) is 1.65. The van der Waals surface area contributed by atoms with Crippen LogP contribution in [0.15, 0.2) is 59.4 Å². The normalized spacial score (nSPS) is 12.1. The number of methoxy groups -OCH3 is 1. The lowest BCUT2D eigenvalue weighted by atomic mass is 10.0. The van der Waals surface area contributed by atoms with Gasteiger partial charge in [0.2, 0.25) is 0 Å². The summed E-state index contributed by atoms with van der Waals surface area (Å²) < 4.78 is 10.6. The average Bonchev–Trinajstić information content (AvgIpc) is 3.22. The number of benzene rings is 2. The van der Waals surface area contributed by atoms with E-state index in [2.05, 4.69) is 28.3 Å². The maximum atomic E-state index is 6.15. The van der Waals surface area contributed by atoms with E-state index in [9.17, 15) is 0 Å². The molecule has 4 aromatic rings. The molecule has 0 radical (unpaired) electrons. The number of nitrogens with one attached hydrogen (secondary N) is 1. The summed E-state index contributed by atoms with van der Waals surface area (Å²) in [4.78, 5) is 9.13. The largest absolute Gasteiger partial charge is 0.497 e. The highest BCUT2D eigenvalue weighted by Gasteiger charge is 2.13. The van der Waals surface area contributed by atoms with Gasteiger partial charge in [-0.1, -0.05) is 0 Å². The number of rotatable bonds is 5. The first-order chi connectivity index (χ1) is 13.5. The predicted molar refractivity (Wildman–Crippen MR) is 111 cm³/mol. The van der Waals surface area contributed by atoms with Gasteiger partial charge in [0.1, 0.15) is 17.4 Å². The van der Waals surface area contributed by atoms with Crippen molar-refractivity contribution in [2.75, 3.05) is 18.2 Å². The van der Waals surface area contributed by atoms with Crippen LogP contribution in [0, 0.1) is 6.92 Å². The number of anilines is 2. The number of aromatic nitrogens is 2. The summed E-state index contributed by atoms with van der Waals surface area (Å²) in [6, 6.07) is 13.7. The van der Waals surface area contributed by atoms with E-state index in [1.165, 1.54) is 0 Å². The van der Waals surface area contributed by atoms with E-state index in [4.69, 9.17) is 14.9 Å². The smallest absolute Gasteiger partial charge is 0.138 e. The first-order valence-electron chi connectivity index (χ1n) is 9.05. The molecule has 6 nitrogen and oxygen atoms in total. The van der Waals surface area contributed by atoms with E-state index >= 15 is 0 Å². The molecular formula is C22H22N4O2. The third-order valence-electron chi connectivity index (χ3n) is 4.70. The highest BCUT2D eigenvalue weighted by Crippen LogP contribution is 2.31. The molecule has 0 bridgehead atoms. The molecule has 1 atom stereocenters. The van der Waals surface area contributed by atoms with Crippen molar-refractivity contribution in [3.8, 4) is 16.9 Å². The van der Waals surface area contributed by atoms with Crippen LogP contribution in [0.3, 0.4) is 0 Å². The number of furan rings is 1. The van der Waals surface area contributed by atoms with Gasteiger partial charge in [0, 0.05) is 16.6 Å². The van der Waals surface area contributed by atoms with Gasteiger partial charge in [0.05, 0.1) is 31.2 Å². The Morgan fingerprint density at radius 3 is 2.68 bits per heavy atom. The molecule has 0 fully saturated rings. The number of hydrogen-bond donors (Lipinski definition) is 2. The van der Waals surface area contributed by atoms with Crippen LogP contribution in [0.2, 0.25) is 0 Å². The van der Waals surface area contributed by atoms with Crippen molar-refractivity contribution in [1.82, 2.24) is 9.97 Å². The van der Waals surface area contributed by atoms with Crippen LogP contribution in [0.25, 0.3) is 22.0 Å². The number of ether oxygens (including phenoxy) is 1. The van der Waals surface area contributed by atoms with E-state index in [1.807, 2.05) is 43.3 Å². The molecule has 142 valence electrons. The van der Waals surface area contributed by atoms with Gasteiger partial charge in [-0.15, -0.1) is 0 Å². The Morgan fingerprint density at radius 2 is 1.93 bits per heavy atom. The minimum atomic E-state index is -0.0159. The Kier molecular flexibility index (Phi) is 4.61. The van der Waals surface area contributed by atoms with Crippen LogP contribution in [-0.2, 0) is 0 Å². The summed E-state index contributed by atoms with van der Waals surface area (Å²) in [6.07, 6.45) is 3.37. The van der Waals surface area contributed by atoms with Gasteiger partial charge in [-0.25, -0.2) is 9.97 Å². The average molecular weight is 374 g/mol. The summed E-state index contributed by atoms with van der Waals surface area (Å²) in [6.45, 7) is 3.97. The fraction of sp³-hybridized carbons (Fsp3) is 0.182. The molecule has 2 heterocycles. The fourth-order valence-electron chi connectivity index (χ4n) is 3.27. The van der Waals surface area contributed by atoms with Crippen LogP contribution >= 0.6 is 0 Å². The zero-order valence-electron chi connectivity index (χ0n) is 16.1. The monoisotopic (exact) mass is 374 g/mol. The van der Waals surface area contributed by atoms with Crippen LogP contribution < -0.4 is 15.8 Å². The topological polar surface area (TPSA) is 86.2 Å². The maximum Gasteiger partial charge on any atom is 0.138 e. The zero-order chi connectivity index (χ0) is 19.7. The molecule has 0 aliphatic heterocycles. The van der Waals surface area contributed by atoms with Gasteiger partial charge in [0.15, 0.2) is 0 Å². The Labute approximate surface area is 163 Å². The second kappa shape index (κ2) is 7.23. The van der Waals surface area contributed by atoms with Gasteiger partial charge >= 0.3 is 0 Å². The summed E-state index contributed by atoms with van der Waals surface area (Å²) >= 11 is 0. The van der Waals surface area contributed by atoms with Crippen molar-refractivity contribution >= 4 is 22.4 Å². The summed E-state index contributed by atoms with van der Waals surface area (Å²) in [5, 5.41) is 4.42. The summed E-state index contributed by atoms with van der Waals surface area (Å²) in [5.41, 5.74) is 10.8. The quantitative estimate of drug-likeness (QED) is 0.480. The van der Waals surface area contributed by atoms with Crippen LogP contribution in [0.5, 0.6) is 5.75 Å². The van der Waals surface area contributed by atoms with E-state index in [0.717, 1.165) is 39.2 Å². The van der Waals surface area contributed by atoms with Crippen LogP contribution in [-0.4, -0.2) is 17.1 Å². The molecular weight excluding hydrogens is 352 g/mol. The van der Waals surface area contributed by atoms with Crippen molar-refractivity contribution < 1.29 is 9.15 Å². The molecule has 28 heavy (non-hydrogen) atoms. The van der Waals surface area contributed by atoms with Gasteiger partial charge in [-0.2, -0.15) is 0 Å². The molecule has 3 N–H and O–H groups in total. The van der Waals surface area contributed by atoms with E-state index < -0.39 is 0 Å². The molecule has 6 heteroatoms. The number of hydrogen-bond acceptors (Lipinski definition) is 6. The van der Waals surface area contributed by atoms with Crippen LogP contribution in [0.1, 0.15) is 24.4 Å². The van der Waals surface area contributed by atoms with Crippen molar-refractivity contribution in [2.24, 2.45) is 0 Å². The Hall–Kier alpha value is -3.54. The molecule has 0 unspecified atom stereocenters. The fourth-order valence-corrected chi connectivity index (χ4v) is 3.27. The van der Waals surface area contributed by atoms with Gasteiger partial charge < -0.3 is 20.2 Å².